The predicted octanol–water partition coefficient (Wildman–Crippen LogP) is 2.90. The SMILES string of the molecule is COC1CC(C=C(F)B2OC(C)(C)C(C)(C)O2)C1. The van der Waals surface area contributed by atoms with Crippen molar-refractivity contribution < 1.29 is 18.4 Å². The van der Waals surface area contributed by atoms with Crippen molar-refractivity contribution in [2.75, 3.05) is 7.11 Å². The highest BCUT2D eigenvalue weighted by Crippen LogP contribution is 2.40. The smallest absolute Gasteiger partial charge is 0.398 e. The minimum absolute atomic E-state index is 0.244. The van der Waals surface area contributed by atoms with Crippen LogP contribution in [0, 0.1) is 5.92 Å². The van der Waals surface area contributed by atoms with E-state index in [1.165, 1.54) is 0 Å². The van der Waals surface area contributed by atoms with Gasteiger partial charge in [-0.05, 0) is 46.5 Å². The van der Waals surface area contributed by atoms with Gasteiger partial charge in [0.1, 0.15) is 5.73 Å². The maximum atomic E-state index is 14.1. The lowest BCUT2D eigenvalue weighted by atomic mass is 9.77. The van der Waals surface area contributed by atoms with E-state index in [0.717, 1.165) is 12.8 Å². The molecule has 0 N–H and O–H groups in total. The molecule has 2 aliphatic rings. The van der Waals surface area contributed by atoms with Crippen molar-refractivity contribution in [2.24, 2.45) is 5.92 Å². The molecule has 5 heteroatoms. The standard InChI is InChI=1S/C13H22BFO3/c1-12(2)13(3,4)18-14(17-12)11(15)8-9-6-10(7-9)16-5/h8-10H,6-7H2,1-5H3. The first-order valence-electron chi connectivity index (χ1n) is 6.51. The van der Waals surface area contributed by atoms with E-state index in [4.69, 9.17) is 14.0 Å². The number of ether oxygens (including phenoxy) is 1. The molecule has 0 amide bonds. The molecule has 1 saturated heterocycles. The summed E-state index contributed by atoms with van der Waals surface area (Å²) >= 11 is 0. The quantitative estimate of drug-likeness (QED) is 0.726. The first-order valence-corrected chi connectivity index (χ1v) is 6.51. The molecule has 1 aliphatic carbocycles. The van der Waals surface area contributed by atoms with Crippen molar-refractivity contribution in [1.29, 1.82) is 0 Å². The van der Waals surface area contributed by atoms with Gasteiger partial charge in [-0.15, -0.1) is 0 Å². The number of hydrogen-bond donors (Lipinski definition) is 0. The summed E-state index contributed by atoms with van der Waals surface area (Å²) in [5.74, 6) is 0.244. The summed E-state index contributed by atoms with van der Waals surface area (Å²) in [5.41, 5.74) is -1.29. The fourth-order valence-corrected chi connectivity index (χ4v) is 2.19. The zero-order chi connectivity index (χ0) is 13.6. The molecular weight excluding hydrogens is 234 g/mol. The molecule has 0 radical (unpaired) electrons. The number of rotatable bonds is 3. The molecule has 18 heavy (non-hydrogen) atoms. The van der Waals surface area contributed by atoms with Gasteiger partial charge in [0.15, 0.2) is 0 Å². The van der Waals surface area contributed by atoms with Gasteiger partial charge < -0.3 is 14.0 Å². The Balaban J connectivity index is 1.96. The van der Waals surface area contributed by atoms with Crippen molar-refractivity contribution in [3.8, 4) is 0 Å². The van der Waals surface area contributed by atoms with Crippen LogP contribution < -0.4 is 0 Å². The van der Waals surface area contributed by atoms with Crippen LogP contribution in [-0.4, -0.2) is 31.5 Å². The molecular formula is C13H22BFO3. The van der Waals surface area contributed by atoms with E-state index in [1.807, 2.05) is 27.7 Å². The fraction of sp³-hybridized carbons (Fsp3) is 0.846. The van der Waals surface area contributed by atoms with Crippen molar-refractivity contribution >= 4 is 7.12 Å². The Kier molecular flexibility index (Phi) is 3.60. The minimum atomic E-state index is -0.864. The molecule has 0 spiro atoms. The Hall–Kier alpha value is -0.385. The molecule has 2 rings (SSSR count). The molecule has 2 fully saturated rings. The third-order valence-electron chi connectivity index (χ3n) is 4.34. The molecule has 102 valence electrons. The van der Waals surface area contributed by atoms with Gasteiger partial charge in [0.2, 0.25) is 0 Å². The van der Waals surface area contributed by atoms with E-state index >= 15 is 0 Å². The average Bonchev–Trinajstić information content (AvgIpc) is 2.41. The van der Waals surface area contributed by atoms with Crippen LogP contribution in [0.15, 0.2) is 11.8 Å². The monoisotopic (exact) mass is 256 g/mol. The van der Waals surface area contributed by atoms with E-state index in [9.17, 15) is 4.39 Å². The molecule has 1 aliphatic heterocycles. The zero-order valence-corrected chi connectivity index (χ0v) is 11.8. The van der Waals surface area contributed by atoms with Crippen LogP contribution in [-0.2, 0) is 14.0 Å². The van der Waals surface area contributed by atoms with Crippen LogP contribution in [0.5, 0.6) is 0 Å². The topological polar surface area (TPSA) is 27.7 Å². The lowest BCUT2D eigenvalue weighted by molar-refractivity contribution is 0.00578. The second-order valence-electron chi connectivity index (χ2n) is 6.23. The first-order chi connectivity index (χ1) is 8.25. The number of methoxy groups -OCH3 is 1. The van der Waals surface area contributed by atoms with Crippen molar-refractivity contribution in [1.82, 2.24) is 0 Å². The van der Waals surface area contributed by atoms with Crippen molar-refractivity contribution in [3.05, 3.63) is 11.8 Å². The number of hydrogen-bond acceptors (Lipinski definition) is 3. The Labute approximate surface area is 109 Å². The lowest BCUT2D eigenvalue weighted by Crippen LogP contribution is -2.41. The van der Waals surface area contributed by atoms with Crippen molar-refractivity contribution in [3.63, 3.8) is 0 Å². The largest absolute Gasteiger partial charge is 0.524 e. The second-order valence-corrected chi connectivity index (χ2v) is 6.23. The number of allylic oxidation sites excluding steroid dienone is 1. The normalized spacial score (nSPS) is 34.6. The molecule has 0 aromatic heterocycles. The van der Waals surface area contributed by atoms with Crippen LogP contribution in [0.3, 0.4) is 0 Å². The summed E-state index contributed by atoms with van der Waals surface area (Å²) in [6.45, 7) is 7.68. The van der Waals surface area contributed by atoms with Gasteiger partial charge >= 0.3 is 7.12 Å². The molecule has 0 aromatic carbocycles. The Morgan fingerprint density at radius 2 is 1.72 bits per heavy atom. The van der Waals surface area contributed by atoms with Gasteiger partial charge in [0.05, 0.1) is 17.3 Å². The summed E-state index contributed by atoms with van der Waals surface area (Å²) in [4.78, 5) is 0. The van der Waals surface area contributed by atoms with Gasteiger partial charge in [0.25, 0.3) is 0 Å². The van der Waals surface area contributed by atoms with Gasteiger partial charge in [0, 0.05) is 7.11 Å². The first kappa shape index (κ1) is 14.0. The summed E-state index contributed by atoms with van der Waals surface area (Å²) in [5, 5.41) is 0. The van der Waals surface area contributed by atoms with Gasteiger partial charge in [-0.25, -0.2) is 4.39 Å². The minimum Gasteiger partial charge on any atom is -0.398 e. The molecule has 0 aromatic rings. The maximum absolute atomic E-state index is 14.1. The zero-order valence-electron chi connectivity index (χ0n) is 11.8. The highest BCUT2D eigenvalue weighted by atomic mass is 19.1. The summed E-state index contributed by atoms with van der Waals surface area (Å²) < 4.78 is 30.5. The van der Waals surface area contributed by atoms with E-state index in [1.54, 1.807) is 13.2 Å². The van der Waals surface area contributed by atoms with Gasteiger partial charge in [-0.3, -0.25) is 0 Å². The molecule has 0 bridgehead atoms. The summed E-state index contributed by atoms with van der Waals surface area (Å²) in [6.07, 6.45) is 3.65. The molecule has 3 nitrogen and oxygen atoms in total. The summed E-state index contributed by atoms with van der Waals surface area (Å²) in [7, 11) is 0.825. The highest BCUT2D eigenvalue weighted by molar-refractivity contribution is 6.53. The van der Waals surface area contributed by atoms with Crippen LogP contribution in [0.2, 0.25) is 0 Å². The lowest BCUT2D eigenvalue weighted by Gasteiger charge is -2.32. The van der Waals surface area contributed by atoms with E-state index in [0.29, 0.717) is 0 Å². The van der Waals surface area contributed by atoms with Crippen LogP contribution in [0.4, 0.5) is 4.39 Å². The molecule has 0 unspecified atom stereocenters. The highest BCUT2D eigenvalue weighted by Gasteiger charge is 2.53. The predicted molar refractivity (Wildman–Crippen MR) is 68.8 cm³/mol. The van der Waals surface area contributed by atoms with Crippen LogP contribution in [0.25, 0.3) is 0 Å². The maximum Gasteiger partial charge on any atom is 0.524 e. The Morgan fingerprint density at radius 3 is 2.17 bits per heavy atom. The average molecular weight is 256 g/mol. The molecule has 1 saturated carbocycles. The van der Waals surface area contributed by atoms with Gasteiger partial charge in [-0.1, -0.05) is 6.08 Å². The van der Waals surface area contributed by atoms with E-state index in [-0.39, 0.29) is 17.7 Å². The Morgan fingerprint density at radius 1 is 1.22 bits per heavy atom. The van der Waals surface area contributed by atoms with Gasteiger partial charge in [-0.2, -0.15) is 0 Å². The fourth-order valence-electron chi connectivity index (χ4n) is 2.19. The van der Waals surface area contributed by atoms with Crippen LogP contribution in [0.1, 0.15) is 40.5 Å². The Bertz CT molecular complexity index is 332. The molecule has 1 heterocycles. The summed E-state index contributed by atoms with van der Waals surface area (Å²) in [6, 6.07) is 0. The third kappa shape index (κ3) is 2.49. The van der Waals surface area contributed by atoms with Crippen LogP contribution >= 0.6 is 0 Å². The van der Waals surface area contributed by atoms with E-state index in [2.05, 4.69) is 0 Å². The number of halogens is 1. The third-order valence-corrected chi connectivity index (χ3v) is 4.34. The second kappa shape index (κ2) is 4.62. The van der Waals surface area contributed by atoms with E-state index < -0.39 is 18.3 Å². The van der Waals surface area contributed by atoms with Crippen molar-refractivity contribution in [2.45, 2.75) is 57.8 Å². The molecule has 0 atom stereocenters.